The number of carbonyl (C=O) groups excluding carboxylic acids is 1. The SMILES string of the molecule is CCCC1SCC(C(=O)O)N1C(=O)c1ccc(O)c(O)c1. The van der Waals surface area contributed by atoms with Crippen LogP contribution in [0, 0.1) is 0 Å². The van der Waals surface area contributed by atoms with Gasteiger partial charge in [0, 0.05) is 11.3 Å². The Balaban J connectivity index is 2.31. The van der Waals surface area contributed by atoms with Crippen molar-refractivity contribution in [1.82, 2.24) is 4.90 Å². The molecule has 6 nitrogen and oxygen atoms in total. The molecule has 1 aliphatic heterocycles. The molecule has 2 unspecified atom stereocenters. The quantitative estimate of drug-likeness (QED) is 0.734. The lowest BCUT2D eigenvalue weighted by molar-refractivity contribution is -0.141. The molecule has 0 aromatic heterocycles. The van der Waals surface area contributed by atoms with Crippen LogP contribution >= 0.6 is 11.8 Å². The van der Waals surface area contributed by atoms with Crippen LogP contribution in [0.15, 0.2) is 18.2 Å². The molecule has 1 fully saturated rings. The maximum Gasteiger partial charge on any atom is 0.327 e. The number of phenols is 2. The van der Waals surface area contributed by atoms with E-state index in [9.17, 15) is 24.9 Å². The third kappa shape index (κ3) is 3.07. The van der Waals surface area contributed by atoms with Gasteiger partial charge in [0.05, 0.1) is 5.37 Å². The summed E-state index contributed by atoms with van der Waals surface area (Å²) >= 11 is 1.45. The number of carboxylic acids is 1. The molecule has 1 aliphatic rings. The number of benzene rings is 1. The largest absolute Gasteiger partial charge is 0.504 e. The van der Waals surface area contributed by atoms with Crippen molar-refractivity contribution in [1.29, 1.82) is 0 Å². The fourth-order valence-corrected chi connectivity index (χ4v) is 3.81. The number of rotatable bonds is 4. The molecule has 1 heterocycles. The smallest absolute Gasteiger partial charge is 0.327 e. The van der Waals surface area contributed by atoms with E-state index in [1.165, 1.54) is 28.8 Å². The third-order valence-corrected chi connectivity index (χ3v) is 4.73. The summed E-state index contributed by atoms with van der Waals surface area (Å²) in [6.07, 6.45) is 1.55. The lowest BCUT2D eigenvalue weighted by atomic mass is 10.1. The van der Waals surface area contributed by atoms with E-state index in [2.05, 4.69) is 0 Å². The highest BCUT2D eigenvalue weighted by Crippen LogP contribution is 2.34. The topological polar surface area (TPSA) is 98.1 Å². The second-order valence-electron chi connectivity index (χ2n) is 4.85. The van der Waals surface area contributed by atoms with Crippen molar-refractivity contribution < 1.29 is 24.9 Å². The summed E-state index contributed by atoms with van der Waals surface area (Å²) in [5, 5.41) is 27.9. The van der Waals surface area contributed by atoms with E-state index >= 15 is 0 Å². The highest BCUT2D eigenvalue weighted by Gasteiger charge is 2.41. The van der Waals surface area contributed by atoms with Crippen molar-refractivity contribution in [3.63, 3.8) is 0 Å². The summed E-state index contributed by atoms with van der Waals surface area (Å²) in [6, 6.07) is 2.89. The molecule has 1 saturated heterocycles. The predicted molar refractivity (Wildman–Crippen MR) is 78.5 cm³/mol. The van der Waals surface area contributed by atoms with E-state index in [-0.39, 0.29) is 16.7 Å². The highest BCUT2D eigenvalue weighted by molar-refractivity contribution is 8.00. The van der Waals surface area contributed by atoms with Crippen molar-refractivity contribution in [2.75, 3.05) is 5.75 Å². The van der Waals surface area contributed by atoms with Crippen LogP contribution in [-0.4, -0.2) is 49.3 Å². The van der Waals surface area contributed by atoms with E-state index in [0.29, 0.717) is 12.2 Å². The van der Waals surface area contributed by atoms with Gasteiger partial charge in [0.25, 0.3) is 5.91 Å². The second-order valence-corrected chi connectivity index (χ2v) is 6.06. The zero-order valence-electron chi connectivity index (χ0n) is 11.5. The first-order valence-electron chi connectivity index (χ1n) is 6.64. The molecule has 7 heteroatoms. The van der Waals surface area contributed by atoms with Crippen LogP contribution < -0.4 is 0 Å². The summed E-state index contributed by atoms with van der Waals surface area (Å²) in [7, 11) is 0. The number of carboxylic acid groups (broad SMARTS) is 1. The average molecular weight is 311 g/mol. The second kappa shape index (κ2) is 6.26. The summed E-state index contributed by atoms with van der Waals surface area (Å²) in [5.41, 5.74) is 0.167. The summed E-state index contributed by atoms with van der Waals surface area (Å²) in [5.74, 6) is -1.83. The van der Waals surface area contributed by atoms with E-state index < -0.39 is 23.7 Å². The number of amides is 1. The van der Waals surface area contributed by atoms with Gasteiger partial charge in [-0.25, -0.2) is 4.79 Å². The van der Waals surface area contributed by atoms with Crippen LogP contribution in [0.2, 0.25) is 0 Å². The number of thioether (sulfide) groups is 1. The lowest BCUT2D eigenvalue weighted by Gasteiger charge is -2.27. The Labute approximate surface area is 126 Å². The van der Waals surface area contributed by atoms with Gasteiger partial charge in [-0.15, -0.1) is 11.8 Å². The van der Waals surface area contributed by atoms with Crippen LogP contribution in [-0.2, 0) is 4.79 Å². The third-order valence-electron chi connectivity index (χ3n) is 3.37. The van der Waals surface area contributed by atoms with Gasteiger partial charge in [0.1, 0.15) is 6.04 Å². The van der Waals surface area contributed by atoms with Crippen molar-refractivity contribution >= 4 is 23.6 Å². The molecule has 114 valence electrons. The first-order chi connectivity index (χ1) is 9.95. The number of nitrogens with zero attached hydrogens (tertiary/aromatic N) is 1. The van der Waals surface area contributed by atoms with Crippen LogP contribution in [0.4, 0.5) is 0 Å². The maximum absolute atomic E-state index is 12.6. The molecule has 0 spiro atoms. The molecule has 1 aromatic rings. The number of aliphatic carboxylic acids is 1. The van der Waals surface area contributed by atoms with Crippen LogP contribution in [0.5, 0.6) is 11.5 Å². The van der Waals surface area contributed by atoms with Gasteiger partial charge in [-0.3, -0.25) is 4.79 Å². The Morgan fingerprint density at radius 3 is 2.62 bits per heavy atom. The minimum absolute atomic E-state index is 0.167. The fraction of sp³-hybridized carbons (Fsp3) is 0.429. The monoisotopic (exact) mass is 311 g/mol. The van der Waals surface area contributed by atoms with Crippen LogP contribution in [0.3, 0.4) is 0 Å². The zero-order chi connectivity index (χ0) is 15.6. The Hall–Kier alpha value is -1.89. The summed E-state index contributed by atoms with van der Waals surface area (Å²) < 4.78 is 0. The van der Waals surface area contributed by atoms with Gasteiger partial charge in [-0.1, -0.05) is 13.3 Å². The van der Waals surface area contributed by atoms with Gasteiger partial charge >= 0.3 is 5.97 Å². The minimum atomic E-state index is -1.03. The highest BCUT2D eigenvalue weighted by atomic mass is 32.2. The number of carbonyl (C=O) groups is 2. The molecule has 21 heavy (non-hydrogen) atoms. The molecule has 2 atom stereocenters. The number of aromatic hydroxyl groups is 2. The Kier molecular flexibility index (Phi) is 4.62. The number of hydrogen-bond acceptors (Lipinski definition) is 5. The molecular formula is C14H17NO5S. The Morgan fingerprint density at radius 1 is 1.33 bits per heavy atom. The predicted octanol–water partition coefficient (Wildman–Crippen LogP) is 1.87. The van der Waals surface area contributed by atoms with Gasteiger partial charge in [0.2, 0.25) is 0 Å². The van der Waals surface area contributed by atoms with Gasteiger partial charge in [-0.2, -0.15) is 0 Å². The number of phenolic OH excluding ortho intramolecular Hbond substituents is 2. The number of hydrogen-bond donors (Lipinski definition) is 3. The molecule has 0 bridgehead atoms. The van der Waals surface area contributed by atoms with Crippen LogP contribution in [0.25, 0.3) is 0 Å². The normalized spacial score (nSPS) is 21.5. The van der Waals surface area contributed by atoms with E-state index in [1.807, 2.05) is 6.92 Å². The summed E-state index contributed by atoms with van der Waals surface area (Å²) in [4.78, 5) is 25.3. The van der Waals surface area contributed by atoms with Crippen LogP contribution in [0.1, 0.15) is 30.1 Å². The van der Waals surface area contributed by atoms with Crippen molar-refractivity contribution in [2.45, 2.75) is 31.2 Å². The molecule has 0 aliphatic carbocycles. The molecular weight excluding hydrogens is 294 g/mol. The fourth-order valence-electron chi connectivity index (χ4n) is 2.30. The molecule has 1 aromatic carbocycles. The average Bonchev–Trinajstić information content (AvgIpc) is 2.85. The molecule has 1 amide bonds. The Bertz CT molecular complexity index is 562. The van der Waals surface area contributed by atoms with Crippen molar-refractivity contribution in [2.24, 2.45) is 0 Å². The molecule has 2 rings (SSSR count). The van der Waals surface area contributed by atoms with E-state index in [1.54, 1.807) is 0 Å². The van der Waals surface area contributed by atoms with Crippen molar-refractivity contribution in [3.05, 3.63) is 23.8 Å². The summed E-state index contributed by atoms with van der Waals surface area (Å²) in [6.45, 7) is 1.98. The Morgan fingerprint density at radius 2 is 2.05 bits per heavy atom. The zero-order valence-corrected chi connectivity index (χ0v) is 12.3. The van der Waals surface area contributed by atoms with Gasteiger partial charge < -0.3 is 20.2 Å². The molecule has 0 saturated carbocycles. The van der Waals surface area contributed by atoms with E-state index in [0.717, 1.165) is 12.5 Å². The van der Waals surface area contributed by atoms with Gasteiger partial charge in [-0.05, 0) is 24.6 Å². The van der Waals surface area contributed by atoms with E-state index in [4.69, 9.17) is 0 Å². The minimum Gasteiger partial charge on any atom is -0.504 e. The standard InChI is InChI=1S/C14H17NO5S/c1-2-3-12-15(9(7-21-12)14(19)20)13(18)8-4-5-10(16)11(17)6-8/h4-6,9,12,16-17H,2-3,7H2,1H3,(H,19,20). The maximum atomic E-state index is 12.6. The van der Waals surface area contributed by atoms with Gasteiger partial charge in [0.15, 0.2) is 11.5 Å². The lowest BCUT2D eigenvalue weighted by Crippen LogP contribution is -2.45. The first-order valence-corrected chi connectivity index (χ1v) is 7.69. The molecule has 0 radical (unpaired) electrons. The first kappa shape index (κ1) is 15.5. The molecule has 3 N–H and O–H groups in total. The van der Waals surface area contributed by atoms with Crippen molar-refractivity contribution in [3.8, 4) is 11.5 Å².